The first-order valence-electron chi connectivity index (χ1n) is 12.2. The van der Waals surface area contributed by atoms with E-state index in [1.165, 1.54) is 5.69 Å². The first-order valence-corrected chi connectivity index (χ1v) is 13.4. The SMILES string of the molecule is CSc1cccc(C2(O)CCN(c3ccccc3)CC2C2(O)CCN(c3ccccc3)CC2)c1. The van der Waals surface area contributed by atoms with Gasteiger partial charge in [-0.05, 0) is 67.5 Å². The van der Waals surface area contributed by atoms with Gasteiger partial charge in [0.05, 0.1) is 11.2 Å². The Hall–Kier alpha value is -2.47. The number of nitrogens with zero attached hydrogens (tertiary/aromatic N) is 2. The molecule has 2 heterocycles. The fourth-order valence-electron chi connectivity index (χ4n) is 5.81. The summed E-state index contributed by atoms with van der Waals surface area (Å²) in [5.41, 5.74) is 1.26. The van der Waals surface area contributed by atoms with Crippen molar-refractivity contribution in [1.29, 1.82) is 0 Å². The van der Waals surface area contributed by atoms with Gasteiger partial charge in [-0.15, -0.1) is 11.8 Å². The molecule has 5 heteroatoms. The lowest BCUT2D eigenvalue weighted by Gasteiger charge is -2.54. The number of anilines is 2. The van der Waals surface area contributed by atoms with Crippen molar-refractivity contribution in [2.45, 2.75) is 35.4 Å². The number of aliphatic hydroxyl groups is 2. The second-order valence-corrected chi connectivity index (χ2v) is 10.5. The summed E-state index contributed by atoms with van der Waals surface area (Å²) in [6.45, 7) is 2.95. The van der Waals surface area contributed by atoms with Crippen molar-refractivity contribution in [3.05, 3.63) is 90.5 Å². The Morgan fingerprint density at radius 1 is 0.735 bits per heavy atom. The van der Waals surface area contributed by atoms with Gasteiger partial charge in [0.15, 0.2) is 0 Å². The van der Waals surface area contributed by atoms with Crippen LogP contribution in [0.1, 0.15) is 24.8 Å². The normalized spacial score (nSPS) is 24.7. The minimum atomic E-state index is -1.07. The Kier molecular flexibility index (Phi) is 6.61. The summed E-state index contributed by atoms with van der Waals surface area (Å²) in [4.78, 5) is 5.82. The van der Waals surface area contributed by atoms with Crippen molar-refractivity contribution in [2.75, 3.05) is 42.2 Å². The highest BCUT2D eigenvalue weighted by Crippen LogP contribution is 2.48. The standard InChI is InChI=1S/C29H34N2O2S/c1-34-26-14-8-9-23(21-26)29(33)17-20-31(25-12-6-3-7-13-25)22-27(29)28(32)15-18-30(19-16-28)24-10-4-2-5-11-24/h2-14,21,27,32-33H,15-20,22H2,1H3. The van der Waals surface area contributed by atoms with Gasteiger partial charge in [0.1, 0.15) is 0 Å². The van der Waals surface area contributed by atoms with E-state index in [0.29, 0.717) is 25.8 Å². The topological polar surface area (TPSA) is 46.9 Å². The highest BCUT2D eigenvalue weighted by molar-refractivity contribution is 7.98. The number of piperidine rings is 2. The Bertz CT molecular complexity index is 1090. The molecule has 5 rings (SSSR count). The molecule has 2 aliphatic rings. The van der Waals surface area contributed by atoms with Crippen LogP contribution in [0.3, 0.4) is 0 Å². The zero-order valence-electron chi connectivity index (χ0n) is 19.8. The number of thioether (sulfide) groups is 1. The first-order chi connectivity index (χ1) is 16.5. The highest BCUT2D eigenvalue weighted by Gasteiger charge is 2.54. The molecular weight excluding hydrogens is 440 g/mol. The second-order valence-electron chi connectivity index (χ2n) is 9.67. The lowest BCUT2D eigenvalue weighted by molar-refractivity contribution is -0.148. The smallest absolute Gasteiger partial charge is 0.0986 e. The number of rotatable bonds is 5. The molecule has 178 valence electrons. The molecular formula is C29H34N2O2S. The van der Waals surface area contributed by atoms with Gasteiger partial charge in [-0.25, -0.2) is 0 Å². The van der Waals surface area contributed by atoms with Gasteiger partial charge in [0.25, 0.3) is 0 Å². The van der Waals surface area contributed by atoms with Gasteiger partial charge >= 0.3 is 0 Å². The molecule has 0 aromatic heterocycles. The minimum absolute atomic E-state index is 0.288. The number of benzene rings is 3. The molecule has 2 aliphatic heterocycles. The van der Waals surface area contributed by atoms with Crippen LogP contribution in [0.2, 0.25) is 0 Å². The quantitative estimate of drug-likeness (QED) is 0.501. The molecule has 0 amide bonds. The summed E-state index contributed by atoms with van der Waals surface area (Å²) in [6, 6.07) is 29.1. The maximum atomic E-state index is 12.3. The molecule has 0 spiro atoms. The average Bonchev–Trinajstić information content (AvgIpc) is 2.90. The van der Waals surface area contributed by atoms with Gasteiger partial charge in [-0.2, -0.15) is 0 Å². The van der Waals surface area contributed by atoms with Crippen LogP contribution in [0.15, 0.2) is 89.8 Å². The van der Waals surface area contributed by atoms with E-state index < -0.39 is 11.2 Å². The van der Waals surface area contributed by atoms with Crippen LogP contribution in [-0.4, -0.2) is 48.2 Å². The third-order valence-corrected chi connectivity index (χ3v) is 8.56. The monoisotopic (exact) mass is 474 g/mol. The third-order valence-electron chi connectivity index (χ3n) is 7.83. The zero-order chi connectivity index (χ0) is 23.6. The summed E-state index contributed by atoms with van der Waals surface area (Å²) < 4.78 is 0. The van der Waals surface area contributed by atoms with Gasteiger partial charge in [-0.1, -0.05) is 48.5 Å². The van der Waals surface area contributed by atoms with E-state index in [4.69, 9.17) is 0 Å². The fourth-order valence-corrected chi connectivity index (χ4v) is 6.27. The number of para-hydroxylation sites is 2. The lowest BCUT2D eigenvalue weighted by atomic mass is 9.65. The summed E-state index contributed by atoms with van der Waals surface area (Å²) >= 11 is 1.69. The third kappa shape index (κ3) is 4.45. The van der Waals surface area contributed by atoms with Crippen LogP contribution in [0, 0.1) is 5.92 Å². The van der Waals surface area contributed by atoms with E-state index in [1.54, 1.807) is 11.8 Å². The average molecular weight is 475 g/mol. The molecule has 4 nitrogen and oxygen atoms in total. The molecule has 2 atom stereocenters. The molecule has 0 saturated carbocycles. The van der Waals surface area contributed by atoms with Crippen LogP contribution in [0.4, 0.5) is 11.4 Å². The van der Waals surface area contributed by atoms with E-state index >= 15 is 0 Å². The molecule has 2 unspecified atom stereocenters. The van der Waals surface area contributed by atoms with Crippen molar-refractivity contribution in [2.24, 2.45) is 5.92 Å². The number of hydrogen-bond donors (Lipinski definition) is 2. The lowest BCUT2D eigenvalue weighted by Crippen LogP contribution is -2.62. The molecule has 0 bridgehead atoms. The zero-order valence-corrected chi connectivity index (χ0v) is 20.6. The van der Waals surface area contributed by atoms with E-state index in [-0.39, 0.29) is 5.92 Å². The van der Waals surface area contributed by atoms with Gasteiger partial charge in [0, 0.05) is 48.4 Å². The van der Waals surface area contributed by atoms with Crippen LogP contribution < -0.4 is 9.80 Å². The highest BCUT2D eigenvalue weighted by atomic mass is 32.2. The molecule has 2 N–H and O–H groups in total. The molecule has 0 radical (unpaired) electrons. The maximum Gasteiger partial charge on any atom is 0.0986 e. The summed E-state index contributed by atoms with van der Waals surface area (Å²) in [5, 5.41) is 24.4. The van der Waals surface area contributed by atoms with Crippen molar-refractivity contribution < 1.29 is 10.2 Å². The van der Waals surface area contributed by atoms with E-state index in [9.17, 15) is 10.2 Å². The predicted octanol–water partition coefficient (Wildman–Crippen LogP) is 5.15. The Balaban J connectivity index is 1.46. The van der Waals surface area contributed by atoms with Crippen LogP contribution in [0.25, 0.3) is 0 Å². The minimum Gasteiger partial charge on any atom is -0.389 e. The van der Waals surface area contributed by atoms with Crippen molar-refractivity contribution >= 4 is 23.1 Å². The molecule has 3 aromatic rings. The van der Waals surface area contributed by atoms with E-state index in [1.807, 2.05) is 24.3 Å². The van der Waals surface area contributed by atoms with Crippen LogP contribution in [0.5, 0.6) is 0 Å². The van der Waals surface area contributed by atoms with Gasteiger partial charge in [0.2, 0.25) is 0 Å². The van der Waals surface area contributed by atoms with Crippen molar-refractivity contribution in [1.82, 2.24) is 0 Å². The molecule has 0 aliphatic carbocycles. The van der Waals surface area contributed by atoms with Crippen LogP contribution in [-0.2, 0) is 5.60 Å². The summed E-state index contributed by atoms with van der Waals surface area (Å²) in [5.74, 6) is -0.288. The molecule has 34 heavy (non-hydrogen) atoms. The molecule has 2 saturated heterocycles. The van der Waals surface area contributed by atoms with Crippen molar-refractivity contribution in [3.8, 4) is 0 Å². The van der Waals surface area contributed by atoms with Gasteiger partial charge in [-0.3, -0.25) is 0 Å². The van der Waals surface area contributed by atoms with Crippen molar-refractivity contribution in [3.63, 3.8) is 0 Å². The van der Waals surface area contributed by atoms with Crippen LogP contribution >= 0.6 is 11.8 Å². The largest absolute Gasteiger partial charge is 0.389 e. The summed E-state index contributed by atoms with van der Waals surface area (Å²) in [6.07, 6.45) is 3.93. The Morgan fingerprint density at radius 3 is 1.94 bits per heavy atom. The summed E-state index contributed by atoms with van der Waals surface area (Å²) in [7, 11) is 0. The second kappa shape index (κ2) is 9.65. The number of hydrogen-bond acceptors (Lipinski definition) is 5. The fraction of sp³-hybridized carbons (Fsp3) is 0.379. The molecule has 2 fully saturated rings. The Morgan fingerprint density at radius 2 is 1.32 bits per heavy atom. The van der Waals surface area contributed by atoms with E-state index in [2.05, 4.69) is 76.7 Å². The first kappa shape index (κ1) is 23.3. The maximum absolute atomic E-state index is 12.3. The molecule has 3 aromatic carbocycles. The predicted molar refractivity (Wildman–Crippen MR) is 142 cm³/mol. The van der Waals surface area contributed by atoms with E-state index in [0.717, 1.165) is 35.8 Å². The van der Waals surface area contributed by atoms with Gasteiger partial charge < -0.3 is 20.0 Å². The Labute approximate surface area is 207 Å².